The molecule has 6 heteroatoms. The van der Waals surface area contributed by atoms with E-state index in [-0.39, 0.29) is 16.7 Å². The molecule has 0 unspecified atom stereocenters. The Morgan fingerprint density at radius 2 is 1.74 bits per heavy atom. The molecule has 3 heterocycles. The first-order valence-electron chi connectivity index (χ1n) is 11.9. The van der Waals surface area contributed by atoms with E-state index in [0.29, 0.717) is 0 Å². The lowest BCUT2D eigenvalue weighted by Crippen LogP contribution is -2.61. The molecule has 1 saturated heterocycles. The van der Waals surface area contributed by atoms with Crippen LogP contribution in [0.3, 0.4) is 0 Å². The van der Waals surface area contributed by atoms with Crippen molar-refractivity contribution in [1.29, 1.82) is 0 Å². The van der Waals surface area contributed by atoms with Crippen molar-refractivity contribution >= 4 is 28.8 Å². The number of amides is 1. The molecule has 0 saturated carbocycles. The van der Waals surface area contributed by atoms with E-state index in [1.54, 1.807) is 0 Å². The SMILES string of the molecule is CC(C)(C)c1ccc(/C=C2\SC(=O)N[C@@]23Oc2ccccc2[C@H]2CC(c4ccccc4)=NN23)cc1. The summed E-state index contributed by atoms with van der Waals surface area (Å²) in [6.07, 6.45) is 2.77. The predicted octanol–water partition coefficient (Wildman–Crippen LogP) is 6.68. The molecule has 0 bridgehead atoms. The number of carbonyl (C=O) groups excluding carboxylic acids is 1. The number of hydrogen-bond donors (Lipinski definition) is 1. The number of benzene rings is 3. The van der Waals surface area contributed by atoms with Gasteiger partial charge >= 0.3 is 5.85 Å². The van der Waals surface area contributed by atoms with E-state index < -0.39 is 5.85 Å². The van der Waals surface area contributed by atoms with E-state index >= 15 is 0 Å². The zero-order valence-corrected chi connectivity index (χ0v) is 20.8. The maximum absolute atomic E-state index is 12.8. The van der Waals surface area contributed by atoms with Gasteiger partial charge in [0.25, 0.3) is 5.24 Å². The van der Waals surface area contributed by atoms with Crippen LogP contribution in [0, 0.1) is 0 Å². The molecule has 1 amide bonds. The van der Waals surface area contributed by atoms with Crippen LogP contribution in [0.15, 0.2) is 88.9 Å². The Bertz CT molecular complexity index is 1360. The van der Waals surface area contributed by atoms with Crippen molar-refractivity contribution in [3.8, 4) is 5.75 Å². The molecule has 3 aliphatic rings. The maximum Gasteiger partial charge on any atom is 0.314 e. The third-order valence-electron chi connectivity index (χ3n) is 6.76. The van der Waals surface area contributed by atoms with Gasteiger partial charge in [0.1, 0.15) is 5.75 Å². The average Bonchev–Trinajstić information content (AvgIpc) is 3.42. The number of thioether (sulfide) groups is 1. The normalized spacial score (nSPS) is 24.1. The Hall–Kier alpha value is -3.51. The summed E-state index contributed by atoms with van der Waals surface area (Å²) in [5.41, 5.74) is 5.50. The van der Waals surface area contributed by atoms with E-state index in [2.05, 4.69) is 68.6 Å². The van der Waals surface area contributed by atoms with Crippen molar-refractivity contribution in [2.75, 3.05) is 0 Å². The largest absolute Gasteiger partial charge is 0.444 e. The molecule has 1 fully saturated rings. The second-order valence-corrected chi connectivity index (χ2v) is 11.2. The van der Waals surface area contributed by atoms with Crippen molar-refractivity contribution in [3.05, 3.63) is 106 Å². The molecular weight excluding hydrogens is 454 g/mol. The highest BCUT2D eigenvalue weighted by Gasteiger charge is 2.58. The molecule has 0 aromatic heterocycles. The second kappa shape index (κ2) is 8.02. The van der Waals surface area contributed by atoms with Crippen LogP contribution in [-0.2, 0) is 5.41 Å². The maximum atomic E-state index is 12.8. The van der Waals surface area contributed by atoms with Gasteiger partial charge in [0.15, 0.2) is 0 Å². The molecule has 5 nitrogen and oxygen atoms in total. The Morgan fingerprint density at radius 3 is 2.49 bits per heavy atom. The molecule has 176 valence electrons. The Morgan fingerprint density at radius 1 is 1.03 bits per heavy atom. The fourth-order valence-electron chi connectivity index (χ4n) is 4.90. The summed E-state index contributed by atoms with van der Waals surface area (Å²) >= 11 is 1.17. The summed E-state index contributed by atoms with van der Waals surface area (Å²) in [5.74, 6) is -0.407. The third kappa shape index (κ3) is 3.73. The predicted molar refractivity (Wildman–Crippen MR) is 141 cm³/mol. The zero-order chi connectivity index (χ0) is 24.2. The minimum atomic E-state index is -1.18. The van der Waals surface area contributed by atoms with Crippen LogP contribution in [0.2, 0.25) is 0 Å². The van der Waals surface area contributed by atoms with Crippen molar-refractivity contribution in [1.82, 2.24) is 10.3 Å². The van der Waals surface area contributed by atoms with Gasteiger partial charge in [-0.1, -0.05) is 93.6 Å². The van der Waals surface area contributed by atoms with E-state index in [9.17, 15) is 4.79 Å². The van der Waals surface area contributed by atoms with Gasteiger partial charge in [-0.15, -0.1) is 0 Å². The quantitative estimate of drug-likeness (QED) is 0.444. The van der Waals surface area contributed by atoms with Gasteiger partial charge in [-0.3, -0.25) is 10.1 Å². The minimum absolute atomic E-state index is 0.0409. The fraction of sp³-hybridized carbons (Fsp3) is 0.241. The molecule has 1 spiro atoms. The highest BCUT2D eigenvalue weighted by Crippen LogP contribution is 2.52. The number of fused-ring (bicyclic) bond motifs is 4. The first kappa shape index (κ1) is 22.0. The molecule has 0 aliphatic carbocycles. The average molecular weight is 482 g/mol. The molecule has 2 atom stereocenters. The molecule has 0 radical (unpaired) electrons. The number of carbonyl (C=O) groups is 1. The number of nitrogens with one attached hydrogen (secondary N) is 1. The summed E-state index contributed by atoms with van der Waals surface area (Å²) in [7, 11) is 0. The van der Waals surface area contributed by atoms with E-state index in [0.717, 1.165) is 39.5 Å². The van der Waals surface area contributed by atoms with Crippen LogP contribution < -0.4 is 10.1 Å². The van der Waals surface area contributed by atoms with Crippen molar-refractivity contribution in [2.45, 2.75) is 44.5 Å². The highest BCUT2D eigenvalue weighted by atomic mass is 32.2. The first-order chi connectivity index (χ1) is 16.8. The first-order valence-corrected chi connectivity index (χ1v) is 12.7. The van der Waals surface area contributed by atoms with Gasteiger partial charge in [-0.25, -0.2) is 5.01 Å². The third-order valence-corrected chi connectivity index (χ3v) is 7.66. The van der Waals surface area contributed by atoms with Crippen LogP contribution >= 0.6 is 11.8 Å². The van der Waals surface area contributed by atoms with E-state index in [1.165, 1.54) is 17.3 Å². The molecule has 35 heavy (non-hydrogen) atoms. The summed E-state index contributed by atoms with van der Waals surface area (Å²) in [4.78, 5) is 13.6. The Balaban J connectivity index is 1.46. The number of rotatable bonds is 2. The van der Waals surface area contributed by atoms with Crippen molar-refractivity contribution < 1.29 is 9.53 Å². The number of nitrogens with zero attached hydrogens (tertiary/aromatic N) is 2. The molecule has 3 aromatic rings. The van der Waals surface area contributed by atoms with Crippen molar-refractivity contribution in [3.63, 3.8) is 0 Å². The standard InChI is InChI=1S/C29H27N3O2S/c1-28(2,3)21-15-13-19(14-16-21)17-26-29(30-27(33)35-26)32-24(22-11-7-8-12-25(22)34-29)18-23(31-32)20-9-5-4-6-10-20/h4-17,24H,18H2,1-3H3,(H,30,33)/b26-17-/t24-,29+/m1/s1. The number of hydrogen-bond acceptors (Lipinski definition) is 5. The van der Waals surface area contributed by atoms with Crippen LogP contribution in [-0.4, -0.2) is 21.8 Å². The monoisotopic (exact) mass is 481 g/mol. The fourth-order valence-corrected chi connectivity index (χ4v) is 5.81. The topological polar surface area (TPSA) is 53.9 Å². The Kier molecular flexibility index (Phi) is 5.04. The van der Waals surface area contributed by atoms with Gasteiger partial charge in [0.2, 0.25) is 0 Å². The smallest absolute Gasteiger partial charge is 0.314 e. The van der Waals surface area contributed by atoms with Crippen LogP contribution in [0.4, 0.5) is 4.79 Å². The summed E-state index contributed by atoms with van der Waals surface area (Å²) in [6.45, 7) is 6.61. The number of para-hydroxylation sites is 1. The summed E-state index contributed by atoms with van der Waals surface area (Å²) in [5, 5.41) is 9.96. The lowest BCUT2D eigenvalue weighted by Gasteiger charge is -2.45. The van der Waals surface area contributed by atoms with Crippen LogP contribution in [0.25, 0.3) is 6.08 Å². The minimum Gasteiger partial charge on any atom is -0.444 e. The molecule has 3 aliphatic heterocycles. The summed E-state index contributed by atoms with van der Waals surface area (Å²) < 4.78 is 6.61. The van der Waals surface area contributed by atoms with Crippen molar-refractivity contribution in [2.24, 2.45) is 5.10 Å². The van der Waals surface area contributed by atoms with Gasteiger partial charge in [0, 0.05) is 12.0 Å². The van der Waals surface area contributed by atoms with Gasteiger partial charge in [0.05, 0.1) is 16.7 Å². The van der Waals surface area contributed by atoms with E-state index in [4.69, 9.17) is 9.84 Å². The molecule has 1 N–H and O–H groups in total. The lowest BCUT2D eigenvalue weighted by molar-refractivity contribution is -0.0949. The van der Waals surface area contributed by atoms with Crippen LogP contribution in [0.5, 0.6) is 5.75 Å². The molecule has 3 aromatic carbocycles. The zero-order valence-electron chi connectivity index (χ0n) is 20.0. The second-order valence-electron chi connectivity index (χ2n) is 10.2. The van der Waals surface area contributed by atoms with Gasteiger partial charge in [-0.05, 0) is 46.0 Å². The number of hydrazone groups is 1. The number of ether oxygens (including phenoxy) is 1. The lowest BCUT2D eigenvalue weighted by atomic mass is 9.87. The molecular formula is C29H27N3O2S. The summed E-state index contributed by atoms with van der Waals surface area (Å²) in [6, 6.07) is 26.7. The van der Waals surface area contributed by atoms with Gasteiger partial charge < -0.3 is 4.74 Å². The van der Waals surface area contributed by atoms with Gasteiger partial charge in [-0.2, -0.15) is 5.10 Å². The molecule has 6 rings (SSSR count). The highest BCUT2D eigenvalue weighted by molar-refractivity contribution is 8.17. The van der Waals surface area contributed by atoms with E-state index in [1.807, 2.05) is 47.5 Å². The van der Waals surface area contributed by atoms with Crippen LogP contribution in [0.1, 0.15) is 55.5 Å². The Labute approximate surface area is 209 Å².